The van der Waals surface area contributed by atoms with Gasteiger partial charge in [-0.3, -0.25) is 0 Å². The first-order valence-electron chi connectivity index (χ1n) is 15.2. The van der Waals surface area contributed by atoms with Crippen LogP contribution in [0.4, 0.5) is 0 Å². The first-order chi connectivity index (χ1) is 15.8. The zero-order valence-corrected chi connectivity index (χ0v) is 22.0. The van der Waals surface area contributed by atoms with Crippen molar-refractivity contribution in [2.24, 2.45) is 29.6 Å². The van der Waals surface area contributed by atoms with Crippen LogP contribution in [0.3, 0.4) is 0 Å². The monoisotopic (exact) mass is 440 g/mol. The van der Waals surface area contributed by atoms with Gasteiger partial charge in [-0.2, -0.15) is 0 Å². The highest BCUT2D eigenvalue weighted by atomic mass is 14.3. The molecule has 0 bridgehead atoms. The summed E-state index contributed by atoms with van der Waals surface area (Å²) in [6, 6.07) is 0. The van der Waals surface area contributed by atoms with Gasteiger partial charge in [0, 0.05) is 0 Å². The number of allylic oxidation sites excluding steroid dienone is 4. The van der Waals surface area contributed by atoms with E-state index < -0.39 is 0 Å². The minimum Gasteiger partial charge on any atom is -0.0806 e. The molecule has 0 nitrogen and oxygen atoms in total. The standard InChI is InChI=1S/C32H56/c1-3-5-7-8-9-10-11-12-14-28-17-21-30(22-18-28)32-25-23-31(24-26-32)29-19-15-27(16-20-29)13-6-4-2/h23-25,27-30,32H,3-22,26H2,1-2H3. The lowest BCUT2D eigenvalue weighted by atomic mass is 9.71. The third-order valence-electron chi connectivity index (χ3n) is 9.41. The second-order valence-electron chi connectivity index (χ2n) is 11.9. The van der Waals surface area contributed by atoms with Gasteiger partial charge in [0.2, 0.25) is 0 Å². The number of hydrogen-bond acceptors (Lipinski definition) is 0. The molecule has 32 heavy (non-hydrogen) atoms. The maximum absolute atomic E-state index is 2.66. The van der Waals surface area contributed by atoms with Crippen LogP contribution in [0, 0.1) is 29.6 Å². The molecular weight excluding hydrogens is 384 g/mol. The van der Waals surface area contributed by atoms with E-state index >= 15 is 0 Å². The highest BCUT2D eigenvalue weighted by Crippen LogP contribution is 2.41. The van der Waals surface area contributed by atoms with Crippen molar-refractivity contribution in [2.75, 3.05) is 0 Å². The fraction of sp³-hybridized carbons (Fsp3) is 0.875. The minimum absolute atomic E-state index is 0.851. The first-order valence-corrected chi connectivity index (χ1v) is 15.2. The summed E-state index contributed by atoms with van der Waals surface area (Å²) in [6.45, 7) is 4.65. The molecular formula is C32H56. The molecule has 2 fully saturated rings. The molecule has 0 amide bonds. The molecule has 0 aromatic rings. The average Bonchev–Trinajstić information content (AvgIpc) is 2.85. The lowest BCUT2D eigenvalue weighted by molar-refractivity contribution is 0.217. The quantitative estimate of drug-likeness (QED) is 0.235. The van der Waals surface area contributed by atoms with Crippen molar-refractivity contribution in [2.45, 2.75) is 149 Å². The fourth-order valence-corrected chi connectivity index (χ4v) is 7.06. The lowest BCUT2D eigenvalue weighted by Crippen LogP contribution is -2.22. The van der Waals surface area contributed by atoms with Crippen molar-refractivity contribution < 1.29 is 0 Å². The first kappa shape index (κ1) is 26.1. The van der Waals surface area contributed by atoms with Crippen LogP contribution in [0.2, 0.25) is 0 Å². The van der Waals surface area contributed by atoms with Gasteiger partial charge in [0.05, 0.1) is 0 Å². The molecule has 0 saturated heterocycles. The van der Waals surface area contributed by atoms with E-state index in [-0.39, 0.29) is 0 Å². The van der Waals surface area contributed by atoms with E-state index in [4.69, 9.17) is 0 Å². The molecule has 0 radical (unpaired) electrons. The summed E-state index contributed by atoms with van der Waals surface area (Å²) < 4.78 is 0. The van der Waals surface area contributed by atoms with E-state index in [1.807, 2.05) is 0 Å². The van der Waals surface area contributed by atoms with Gasteiger partial charge in [-0.05, 0) is 80.1 Å². The van der Waals surface area contributed by atoms with Crippen LogP contribution in [0.15, 0.2) is 23.8 Å². The predicted octanol–water partition coefficient (Wildman–Crippen LogP) is 10.8. The molecule has 0 aromatic heterocycles. The van der Waals surface area contributed by atoms with Gasteiger partial charge < -0.3 is 0 Å². The van der Waals surface area contributed by atoms with Gasteiger partial charge in [0.15, 0.2) is 0 Å². The molecule has 1 atom stereocenters. The van der Waals surface area contributed by atoms with Gasteiger partial charge in [0.1, 0.15) is 0 Å². The molecule has 3 aliphatic rings. The van der Waals surface area contributed by atoms with Gasteiger partial charge >= 0.3 is 0 Å². The third-order valence-corrected chi connectivity index (χ3v) is 9.41. The van der Waals surface area contributed by atoms with Crippen molar-refractivity contribution in [1.29, 1.82) is 0 Å². The Bertz CT molecular complexity index is 524. The maximum Gasteiger partial charge on any atom is -0.0165 e. The molecule has 0 N–H and O–H groups in total. The molecule has 0 heterocycles. The second-order valence-corrected chi connectivity index (χ2v) is 11.9. The molecule has 2 saturated carbocycles. The number of rotatable bonds is 14. The zero-order valence-electron chi connectivity index (χ0n) is 22.0. The van der Waals surface area contributed by atoms with Crippen LogP contribution < -0.4 is 0 Å². The second kappa shape index (κ2) is 15.4. The Kier molecular flexibility index (Phi) is 12.6. The average molecular weight is 441 g/mol. The van der Waals surface area contributed by atoms with E-state index in [0.29, 0.717) is 0 Å². The molecule has 0 aliphatic heterocycles. The van der Waals surface area contributed by atoms with Crippen LogP contribution >= 0.6 is 0 Å². The summed E-state index contributed by atoms with van der Waals surface area (Å²) in [4.78, 5) is 0. The lowest BCUT2D eigenvalue weighted by Gasteiger charge is -2.35. The van der Waals surface area contributed by atoms with Gasteiger partial charge in [-0.1, -0.05) is 122 Å². The van der Waals surface area contributed by atoms with E-state index in [2.05, 4.69) is 32.1 Å². The van der Waals surface area contributed by atoms with Gasteiger partial charge in [-0.15, -0.1) is 0 Å². The Morgan fingerprint density at radius 3 is 1.78 bits per heavy atom. The zero-order chi connectivity index (χ0) is 22.4. The van der Waals surface area contributed by atoms with Crippen LogP contribution in [-0.2, 0) is 0 Å². The Hall–Kier alpha value is -0.520. The summed E-state index contributed by atoms with van der Waals surface area (Å²) in [5, 5.41) is 0. The normalized spacial score (nSPS) is 30.9. The van der Waals surface area contributed by atoms with Crippen molar-refractivity contribution in [3.8, 4) is 0 Å². The summed E-state index contributed by atoms with van der Waals surface area (Å²) in [5.74, 6) is 4.79. The van der Waals surface area contributed by atoms with Crippen LogP contribution in [0.5, 0.6) is 0 Å². The predicted molar refractivity (Wildman–Crippen MR) is 143 cm³/mol. The molecule has 0 aromatic carbocycles. The topological polar surface area (TPSA) is 0 Å². The Morgan fingerprint density at radius 2 is 1.19 bits per heavy atom. The van der Waals surface area contributed by atoms with Crippen molar-refractivity contribution >= 4 is 0 Å². The molecule has 3 rings (SSSR count). The van der Waals surface area contributed by atoms with E-state index in [1.165, 1.54) is 135 Å². The fourth-order valence-electron chi connectivity index (χ4n) is 7.06. The Balaban J connectivity index is 1.25. The molecule has 0 spiro atoms. The summed E-state index contributed by atoms with van der Waals surface area (Å²) in [7, 11) is 0. The van der Waals surface area contributed by atoms with Crippen LogP contribution in [0.25, 0.3) is 0 Å². The SMILES string of the molecule is CCCCCCCCCCC1CCC(C2C=CC(C3CCC(CCCC)CC3)=CC2)CC1. The highest BCUT2D eigenvalue weighted by molar-refractivity contribution is 5.27. The molecule has 184 valence electrons. The number of unbranched alkanes of at least 4 members (excludes halogenated alkanes) is 8. The van der Waals surface area contributed by atoms with E-state index in [0.717, 1.165) is 29.6 Å². The summed E-state index contributed by atoms with van der Waals surface area (Å²) >= 11 is 0. The summed E-state index contributed by atoms with van der Waals surface area (Å²) in [6.07, 6.45) is 38.7. The van der Waals surface area contributed by atoms with E-state index in [9.17, 15) is 0 Å². The van der Waals surface area contributed by atoms with Crippen LogP contribution in [0.1, 0.15) is 149 Å². The van der Waals surface area contributed by atoms with Gasteiger partial charge in [0.25, 0.3) is 0 Å². The van der Waals surface area contributed by atoms with Crippen LogP contribution in [-0.4, -0.2) is 0 Å². The Labute approximate surface area is 202 Å². The third kappa shape index (κ3) is 9.02. The van der Waals surface area contributed by atoms with Crippen molar-refractivity contribution in [3.63, 3.8) is 0 Å². The molecule has 0 heteroatoms. The summed E-state index contributed by atoms with van der Waals surface area (Å²) in [5.41, 5.74) is 1.71. The number of hydrogen-bond donors (Lipinski definition) is 0. The molecule has 1 unspecified atom stereocenters. The van der Waals surface area contributed by atoms with E-state index in [1.54, 1.807) is 5.57 Å². The minimum atomic E-state index is 0.851. The molecule has 3 aliphatic carbocycles. The Morgan fingerprint density at radius 1 is 0.625 bits per heavy atom. The highest BCUT2D eigenvalue weighted by Gasteiger charge is 2.28. The van der Waals surface area contributed by atoms with Gasteiger partial charge in [-0.25, -0.2) is 0 Å². The van der Waals surface area contributed by atoms with Crippen molar-refractivity contribution in [1.82, 2.24) is 0 Å². The smallest absolute Gasteiger partial charge is 0.0165 e. The largest absolute Gasteiger partial charge is 0.0806 e. The van der Waals surface area contributed by atoms with Crippen molar-refractivity contribution in [3.05, 3.63) is 23.8 Å². The maximum atomic E-state index is 2.66.